The smallest absolute Gasteiger partial charge is 0.321 e. The summed E-state index contributed by atoms with van der Waals surface area (Å²) in [6, 6.07) is 11.3. The number of amides is 2. The molecule has 0 fully saturated rings. The first kappa shape index (κ1) is 17.9. The molecule has 2 amide bonds. The van der Waals surface area contributed by atoms with Gasteiger partial charge >= 0.3 is 6.03 Å². The molecular formula is C17H19FN2O3S. The second kappa shape index (κ2) is 7.00. The normalized spacial score (nSPS) is 12.5. The average Bonchev–Trinajstić information content (AvgIpc) is 2.55. The van der Waals surface area contributed by atoms with Crippen LogP contribution >= 0.6 is 0 Å². The van der Waals surface area contributed by atoms with E-state index in [2.05, 4.69) is 5.32 Å². The summed E-state index contributed by atoms with van der Waals surface area (Å²) in [5, 5.41) is 2.68. The molecule has 0 aliphatic carbocycles. The highest BCUT2D eigenvalue weighted by molar-refractivity contribution is 7.90. The summed E-state index contributed by atoms with van der Waals surface area (Å²) < 4.78 is 35.8. The van der Waals surface area contributed by atoms with E-state index < -0.39 is 9.84 Å². The van der Waals surface area contributed by atoms with Crippen LogP contribution in [0.25, 0.3) is 0 Å². The molecule has 0 unspecified atom stereocenters. The summed E-state index contributed by atoms with van der Waals surface area (Å²) in [5.74, 6) is -0.374. The van der Waals surface area contributed by atoms with Crippen molar-refractivity contribution < 1.29 is 17.6 Å². The number of rotatable bonds is 4. The van der Waals surface area contributed by atoms with Crippen molar-refractivity contribution in [3.05, 3.63) is 59.9 Å². The number of sulfone groups is 1. The quantitative estimate of drug-likeness (QED) is 0.918. The largest absolute Gasteiger partial charge is 0.322 e. The summed E-state index contributed by atoms with van der Waals surface area (Å²) in [6.07, 6.45) is 1.15. The minimum atomic E-state index is -3.25. The molecule has 0 heterocycles. The Bertz CT molecular complexity index is 818. The number of nitrogens with zero attached hydrogens (tertiary/aromatic N) is 1. The Hall–Kier alpha value is -2.41. The maximum atomic E-state index is 12.9. The van der Waals surface area contributed by atoms with Crippen LogP contribution in [-0.2, 0) is 9.84 Å². The van der Waals surface area contributed by atoms with Gasteiger partial charge in [-0.25, -0.2) is 17.6 Å². The maximum Gasteiger partial charge on any atom is 0.322 e. The average molecular weight is 350 g/mol. The SMILES string of the molecule is C[C@@H](c1ccc(S(C)(=O)=O)cc1)N(C)C(=O)Nc1ccc(F)cc1. The lowest BCUT2D eigenvalue weighted by Gasteiger charge is -2.25. The van der Waals surface area contributed by atoms with Gasteiger partial charge in [0, 0.05) is 19.0 Å². The molecule has 7 heteroatoms. The molecule has 2 aromatic carbocycles. The van der Waals surface area contributed by atoms with Crippen LogP contribution in [0, 0.1) is 5.82 Å². The Morgan fingerprint density at radius 2 is 1.62 bits per heavy atom. The van der Waals surface area contributed by atoms with E-state index in [1.165, 1.54) is 41.3 Å². The highest BCUT2D eigenvalue weighted by Crippen LogP contribution is 2.21. The third kappa shape index (κ3) is 4.32. The molecule has 2 aromatic rings. The number of carbonyl (C=O) groups excluding carboxylic acids is 1. The monoisotopic (exact) mass is 350 g/mol. The molecule has 0 saturated heterocycles. The van der Waals surface area contributed by atoms with E-state index in [1.54, 1.807) is 19.2 Å². The molecule has 0 aliphatic heterocycles. The summed E-state index contributed by atoms with van der Waals surface area (Å²) in [5.41, 5.74) is 1.30. The number of anilines is 1. The molecule has 5 nitrogen and oxygen atoms in total. The van der Waals surface area contributed by atoms with Crippen LogP contribution in [0.4, 0.5) is 14.9 Å². The molecule has 2 rings (SSSR count). The minimum Gasteiger partial charge on any atom is -0.321 e. The number of benzene rings is 2. The summed E-state index contributed by atoms with van der Waals surface area (Å²) in [4.78, 5) is 14.0. The minimum absolute atomic E-state index is 0.233. The fraction of sp³-hybridized carbons (Fsp3) is 0.235. The first-order valence-electron chi connectivity index (χ1n) is 7.28. The zero-order valence-electron chi connectivity index (χ0n) is 13.7. The zero-order chi connectivity index (χ0) is 17.9. The van der Waals surface area contributed by atoms with Crippen molar-refractivity contribution in [3.63, 3.8) is 0 Å². The number of nitrogens with one attached hydrogen (secondary N) is 1. The van der Waals surface area contributed by atoms with Crippen LogP contribution < -0.4 is 5.32 Å². The van der Waals surface area contributed by atoms with Crippen LogP contribution in [0.5, 0.6) is 0 Å². The third-order valence-corrected chi connectivity index (χ3v) is 4.92. The van der Waals surface area contributed by atoms with E-state index in [4.69, 9.17) is 0 Å². The highest BCUT2D eigenvalue weighted by atomic mass is 32.2. The Kier molecular flexibility index (Phi) is 5.23. The number of urea groups is 1. The van der Waals surface area contributed by atoms with Crippen molar-refractivity contribution in [1.29, 1.82) is 0 Å². The molecule has 0 spiro atoms. The summed E-state index contributed by atoms with van der Waals surface area (Å²) in [6.45, 7) is 1.83. The highest BCUT2D eigenvalue weighted by Gasteiger charge is 2.18. The van der Waals surface area contributed by atoms with Crippen LogP contribution in [0.1, 0.15) is 18.5 Å². The standard InChI is InChI=1S/C17H19FN2O3S/c1-12(13-4-10-16(11-5-13)24(3,22)23)20(2)17(21)19-15-8-6-14(18)7-9-15/h4-12H,1-3H3,(H,19,21)/t12-/m0/s1. The van der Waals surface area contributed by atoms with Gasteiger partial charge in [0.15, 0.2) is 9.84 Å². The Labute approximate surface area is 141 Å². The van der Waals surface area contributed by atoms with E-state index in [9.17, 15) is 17.6 Å². The first-order chi connectivity index (χ1) is 11.2. The van der Waals surface area contributed by atoms with Gasteiger partial charge in [-0.2, -0.15) is 0 Å². The number of hydrogen-bond donors (Lipinski definition) is 1. The van der Waals surface area contributed by atoms with E-state index in [0.717, 1.165) is 11.8 Å². The van der Waals surface area contributed by atoms with Crippen molar-refractivity contribution in [2.45, 2.75) is 17.9 Å². The second-order valence-electron chi connectivity index (χ2n) is 5.57. The van der Waals surface area contributed by atoms with E-state index in [1.807, 2.05) is 6.92 Å². The van der Waals surface area contributed by atoms with Gasteiger partial charge in [0.25, 0.3) is 0 Å². The van der Waals surface area contributed by atoms with Gasteiger partial charge in [-0.1, -0.05) is 12.1 Å². The molecule has 0 bridgehead atoms. The van der Waals surface area contributed by atoms with Gasteiger partial charge in [0.2, 0.25) is 0 Å². The predicted molar refractivity (Wildman–Crippen MR) is 91.1 cm³/mol. The molecule has 0 aromatic heterocycles. The van der Waals surface area contributed by atoms with Gasteiger partial charge in [-0.3, -0.25) is 0 Å². The number of hydrogen-bond acceptors (Lipinski definition) is 3. The summed E-state index contributed by atoms with van der Waals surface area (Å²) >= 11 is 0. The molecule has 1 atom stereocenters. The zero-order valence-corrected chi connectivity index (χ0v) is 14.5. The molecule has 24 heavy (non-hydrogen) atoms. The van der Waals surface area contributed by atoms with Crippen molar-refractivity contribution in [3.8, 4) is 0 Å². The lowest BCUT2D eigenvalue weighted by atomic mass is 10.1. The molecule has 0 aliphatic rings. The fourth-order valence-corrected chi connectivity index (χ4v) is 2.77. The van der Waals surface area contributed by atoms with Gasteiger partial charge in [0.05, 0.1) is 10.9 Å². The first-order valence-corrected chi connectivity index (χ1v) is 9.17. The van der Waals surface area contributed by atoms with Crippen LogP contribution in [0.3, 0.4) is 0 Å². The van der Waals surface area contributed by atoms with E-state index in [-0.39, 0.29) is 22.8 Å². The lowest BCUT2D eigenvalue weighted by molar-refractivity contribution is 0.208. The van der Waals surface area contributed by atoms with Crippen LogP contribution in [-0.4, -0.2) is 32.7 Å². The van der Waals surface area contributed by atoms with Crippen molar-refractivity contribution >= 4 is 21.6 Å². The van der Waals surface area contributed by atoms with E-state index in [0.29, 0.717) is 5.69 Å². The molecule has 128 valence electrons. The Morgan fingerprint density at radius 3 is 2.12 bits per heavy atom. The predicted octanol–water partition coefficient (Wildman–Crippen LogP) is 3.45. The van der Waals surface area contributed by atoms with Gasteiger partial charge < -0.3 is 10.2 Å². The lowest BCUT2D eigenvalue weighted by Crippen LogP contribution is -2.33. The maximum absolute atomic E-state index is 12.9. The van der Waals surface area contributed by atoms with Gasteiger partial charge in [0.1, 0.15) is 5.82 Å². The summed E-state index contributed by atoms with van der Waals surface area (Å²) in [7, 11) is -1.62. The van der Waals surface area contributed by atoms with Crippen LogP contribution in [0.2, 0.25) is 0 Å². The molecule has 0 radical (unpaired) electrons. The van der Waals surface area contributed by atoms with Crippen molar-refractivity contribution in [1.82, 2.24) is 4.90 Å². The van der Waals surface area contributed by atoms with E-state index >= 15 is 0 Å². The van der Waals surface area contributed by atoms with Crippen molar-refractivity contribution in [2.24, 2.45) is 0 Å². The number of halogens is 1. The van der Waals surface area contributed by atoms with Crippen molar-refractivity contribution in [2.75, 3.05) is 18.6 Å². The molecule has 0 saturated carbocycles. The third-order valence-electron chi connectivity index (χ3n) is 3.79. The Balaban J connectivity index is 2.09. The fourth-order valence-electron chi connectivity index (χ4n) is 2.14. The number of carbonyl (C=O) groups is 1. The van der Waals surface area contributed by atoms with Gasteiger partial charge in [-0.15, -0.1) is 0 Å². The van der Waals surface area contributed by atoms with Gasteiger partial charge in [-0.05, 0) is 48.9 Å². The van der Waals surface area contributed by atoms with Crippen LogP contribution in [0.15, 0.2) is 53.4 Å². The molecule has 1 N–H and O–H groups in total. The molecular weight excluding hydrogens is 331 g/mol. The Morgan fingerprint density at radius 1 is 1.08 bits per heavy atom. The second-order valence-corrected chi connectivity index (χ2v) is 7.58. The topological polar surface area (TPSA) is 66.5 Å².